The summed E-state index contributed by atoms with van der Waals surface area (Å²) >= 11 is 0. The van der Waals surface area contributed by atoms with Crippen LogP contribution in [0.25, 0.3) is 17.5 Å². The summed E-state index contributed by atoms with van der Waals surface area (Å²) < 4.78 is 10.2. The summed E-state index contributed by atoms with van der Waals surface area (Å²) in [6.45, 7) is 8.20. The number of aryl methyl sites for hydroxylation is 2. The molecular formula is C33H32N6O. The maximum absolute atomic E-state index is 10.2. The number of aromatic nitrogens is 4. The van der Waals surface area contributed by atoms with Crippen LogP contribution >= 0.6 is 0 Å². The Kier molecular flexibility index (Phi) is 6.39. The van der Waals surface area contributed by atoms with Gasteiger partial charge in [-0.15, -0.1) is 0 Å². The van der Waals surface area contributed by atoms with E-state index in [1.165, 1.54) is 0 Å². The van der Waals surface area contributed by atoms with Gasteiger partial charge in [-0.2, -0.15) is 15.5 Å². The Bertz CT molecular complexity index is 1750. The van der Waals surface area contributed by atoms with Crippen molar-refractivity contribution in [2.24, 2.45) is 5.73 Å². The third-order valence-corrected chi connectivity index (χ3v) is 8.01. The highest BCUT2D eigenvalue weighted by molar-refractivity contribution is 5.65. The van der Waals surface area contributed by atoms with Crippen LogP contribution in [0, 0.1) is 39.0 Å². The molecule has 1 aliphatic heterocycles. The Morgan fingerprint density at radius 2 is 1.48 bits per heavy atom. The molecule has 6 rings (SSSR count). The molecule has 0 amide bonds. The molecule has 200 valence electrons. The lowest BCUT2D eigenvalue weighted by Gasteiger charge is -2.33. The fourth-order valence-electron chi connectivity index (χ4n) is 6.12. The van der Waals surface area contributed by atoms with E-state index in [1.54, 1.807) is 0 Å². The number of para-hydroxylation sites is 2. The van der Waals surface area contributed by atoms with Crippen molar-refractivity contribution in [1.29, 1.82) is 5.26 Å². The Morgan fingerprint density at radius 3 is 2.10 bits per heavy atom. The predicted molar refractivity (Wildman–Crippen MR) is 156 cm³/mol. The van der Waals surface area contributed by atoms with Gasteiger partial charge in [0.25, 0.3) is 0 Å². The van der Waals surface area contributed by atoms with E-state index in [0.29, 0.717) is 5.57 Å². The van der Waals surface area contributed by atoms with Crippen LogP contribution in [0.1, 0.15) is 59.1 Å². The molecule has 2 N–H and O–H groups in total. The first kappa shape index (κ1) is 25.4. The number of ether oxygens (including phenoxy) is 1. The lowest BCUT2D eigenvalue weighted by Crippen LogP contribution is -2.24. The number of nitriles is 1. The quantitative estimate of drug-likeness (QED) is 0.321. The number of allylic oxidation sites excluding steroid dienone is 3. The molecule has 3 heterocycles. The minimum absolute atomic E-state index is 0.165. The zero-order chi connectivity index (χ0) is 28.0. The van der Waals surface area contributed by atoms with E-state index in [1.807, 2.05) is 71.7 Å². The van der Waals surface area contributed by atoms with Crippen LogP contribution in [0.3, 0.4) is 0 Å². The van der Waals surface area contributed by atoms with Crippen LogP contribution in [0.2, 0.25) is 0 Å². The standard InChI is InChI=1S/C33H32N6O/c1-20-28(22(3)38(36-20)25-13-7-5-8-14-25)18-24-12-11-17-27-31(29(19-34)33(35)40-32(24)27)30-21(2)37-39(23(30)4)26-15-9-6-10-16-26/h5-10,13-16,18,31H,11-12,17,35H2,1-4H3/b24-18+/t31-/m1/s1. The molecule has 0 bridgehead atoms. The minimum atomic E-state index is -0.302. The highest BCUT2D eigenvalue weighted by Gasteiger charge is 2.38. The number of nitrogens with two attached hydrogens (primary N) is 1. The first-order valence-electron chi connectivity index (χ1n) is 13.6. The van der Waals surface area contributed by atoms with Gasteiger partial charge >= 0.3 is 0 Å². The molecule has 40 heavy (non-hydrogen) atoms. The molecule has 2 aliphatic rings. The summed E-state index contributed by atoms with van der Waals surface area (Å²) in [5.74, 6) is 0.646. The summed E-state index contributed by atoms with van der Waals surface area (Å²) in [6, 6.07) is 22.6. The minimum Gasteiger partial charge on any atom is -0.440 e. The van der Waals surface area contributed by atoms with Crippen LogP contribution in [0.5, 0.6) is 0 Å². The monoisotopic (exact) mass is 528 g/mol. The molecule has 7 nitrogen and oxygen atoms in total. The SMILES string of the molecule is Cc1nn(-c2ccccc2)c(C)c1/C=C1\CCCC2=C1OC(N)=C(C#N)[C@@H]2c1c(C)nn(-c2ccccc2)c1C. The lowest BCUT2D eigenvalue weighted by molar-refractivity contribution is 0.277. The Labute approximate surface area is 234 Å². The number of hydrogen-bond acceptors (Lipinski definition) is 5. The molecule has 7 heteroatoms. The molecule has 4 aromatic rings. The van der Waals surface area contributed by atoms with Gasteiger partial charge in [0.15, 0.2) is 0 Å². The van der Waals surface area contributed by atoms with Crippen molar-refractivity contribution >= 4 is 6.08 Å². The maximum Gasteiger partial charge on any atom is 0.205 e. The number of benzene rings is 2. The van der Waals surface area contributed by atoms with Gasteiger partial charge in [-0.1, -0.05) is 36.4 Å². The second kappa shape index (κ2) is 10.0. The van der Waals surface area contributed by atoms with E-state index in [4.69, 9.17) is 20.7 Å². The third-order valence-electron chi connectivity index (χ3n) is 8.01. The van der Waals surface area contributed by atoms with E-state index in [2.05, 4.69) is 38.1 Å². The van der Waals surface area contributed by atoms with Crippen molar-refractivity contribution in [3.63, 3.8) is 0 Å². The highest BCUT2D eigenvalue weighted by atomic mass is 16.5. The van der Waals surface area contributed by atoms with Crippen molar-refractivity contribution in [2.45, 2.75) is 52.9 Å². The van der Waals surface area contributed by atoms with Gasteiger partial charge in [0.05, 0.1) is 28.7 Å². The van der Waals surface area contributed by atoms with Gasteiger partial charge in [0, 0.05) is 22.5 Å². The average molecular weight is 529 g/mol. The van der Waals surface area contributed by atoms with Crippen molar-refractivity contribution in [3.8, 4) is 17.4 Å². The fourth-order valence-corrected chi connectivity index (χ4v) is 6.12. The first-order valence-corrected chi connectivity index (χ1v) is 13.6. The van der Waals surface area contributed by atoms with E-state index >= 15 is 0 Å². The molecule has 0 fully saturated rings. The summed E-state index contributed by atoms with van der Waals surface area (Å²) in [6.07, 6.45) is 4.84. The van der Waals surface area contributed by atoms with Gasteiger partial charge < -0.3 is 10.5 Å². The number of rotatable bonds is 4. The molecule has 2 aromatic heterocycles. The van der Waals surface area contributed by atoms with Crippen LogP contribution in [-0.2, 0) is 4.74 Å². The smallest absolute Gasteiger partial charge is 0.205 e. The predicted octanol–water partition coefficient (Wildman–Crippen LogP) is 6.62. The zero-order valence-electron chi connectivity index (χ0n) is 23.3. The maximum atomic E-state index is 10.2. The van der Waals surface area contributed by atoms with Gasteiger partial charge in [0.1, 0.15) is 17.4 Å². The molecule has 2 aromatic carbocycles. The van der Waals surface area contributed by atoms with Crippen molar-refractivity contribution in [1.82, 2.24) is 19.6 Å². The molecule has 0 unspecified atom stereocenters. The summed E-state index contributed by atoms with van der Waals surface area (Å²) in [7, 11) is 0. The first-order chi connectivity index (χ1) is 19.4. The summed E-state index contributed by atoms with van der Waals surface area (Å²) in [5.41, 5.74) is 17.1. The second-order valence-electron chi connectivity index (χ2n) is 10.5. The summed E-state index contributed by atoms with van der Waals surface area (Å²) in [5, 5.41) is 19.9. The van der Waals surface area contributed by atoms with Gasteiger partial charge in [0.2, 0.25) is 5.88 Å². The van der Waals surface area contributed by atoms with E-state index in [9.17, 15) is 5.26 Å². The Balaban J connectivity index is 1.49. The van der Waals surface area contributed by atoms with Crippen molar-refractivity contribution in [2.75, 3.05) is 0 Å². The zero-order valence-corrected chi connectivity index (χ0v) is 23.3. The van der Waals surface area contributed by atoms with Crippen molar-refractivity contribution < 1.29 is 4.74 Å². The third kappa shape index (κ3) is 4.13. The topological polar surface area (TPSA) is 94.7 Å². The Hall–Kier alpha value is -4.83. The van der Waals surface area contributed by atoms with Crippen LogP contribution in [0.4, 0.5) is 0 Å². The molecule has 0 radical (unpaired) electrons. The molecular weight excluding hydrogens is 496 g/mol. The number of nitrogens with zero attached hydrogens (tertiary/aromatic N) is 5. The molecule has 1 atom stereocenters. The molecule has 0 spiro atoms. The highest BCUT2D eigenvalue weighted by Crippen LogP contribution is 2.48. The largest absolute Gasteiger partial charge is 0.440 e. The fraction of sp³-hybridized carbons (Fsp3) is 0.242. The lowest BCUT2D eigenvalue weighted by atomic mass is 9.76. The molecule has 0 saturated heterocycles. The molecule has 1 aliphatic carbocycles. The number of hydrogen-bond donors (Lipinski definition) is 1. The second-order valence-corrected chi connectivity index (χ2v) is 10.5. The normalized spacial score (nSPS) is 18.1. The van der Waals surface area contributed by atoms with E-state index in [0.717, 1.165) is 81.4 Å². The summed E-state index contributed by atoms with van der Waals surface area (Å²) in [4.78, 5) is 0. The van der Waals surface area contributed by atoms with Gasteiger partial charge in [-0.25, -0.2) is 9.36 Å². The van der Waals surface area contributed by atoms with Crippen molar-refractivity contribution in [3.05, 3.63) is 123 Å². The van der Waals surface area contributed by atoms with Crippen LogP contribution < -0.4 is 5.73 Å². The van der Waals surface area contributed by atoms with E-state index < -0.39 is 0 Å². The average Bonchev–Trinajstić information content (AvgIpc) is 3.42. The Morgan fingerprint density at radius 1 is 0.875 bits per heavy atom. The van der Waals surface area contributed by atoms with Gasteiger partial charge in [-0.3, -0.25) is 0 Å². The van der Waals surface area contributed by atoms with Crippen LogP contribution in [0.15, 0.2) is 89.0 Å². The van der Waals surface area contributed by atoms with Gasteiger partial charge in [-0.05, 0) is 88.4 Å². The molecule has 0 saturated carbocycles. The van der Waals surface area contributed by atoms with E-state index in [-0.39, 0.29) is 11.8 Å². The van der Waals surface area contributed by atoms with Crippen LogP contribution in [-0.4, -0.2) is 19.6 Å².